The van der Waals surface area contributed by atoms with Crippen molar-refractivity contribution < 1.29 is 24.3 Å². The SMILES string of the molecule is CC(C)[C@H](NC(=O)CCCN1C(=O)CN(C)C1=O)C(=O)O. The minimum Gasteiger partial charge on any atom is -0.480 e. The van der Waals surface area contributed by atoms with Gasteiger partial charge in [-0.2, -0.15) is 0 Å². The molecule has 0 bridgehead atoms. The second kappa shape index (κ2) is 7.05. The summed E-state index contributed by atoms with van der Waals surface area (Å²) in [4.78, 5) is 48.2. The van der Waals surface area contributed by atoms with Gasteiger partial charge >= 0.3 is 12.0 Å². The third-order valence-corrected chi connectivity index (χ3v) is 3.27. The van der Waals surface area contributed by atoms with Gasteiger partial charge in [0.15, 0.2) is 0 Å². The van der Waals surface area contributed by atoms with Crippen LogP contribution in [0.2, 0.25) is 0 Å². The number of rotatable bonds is 7. The van der Waals surface area contributed by atoms with Crippen LogP contribution in [-0.2, 0) is 14.4 Å². The van der Waals surface area contributed by atoms with Crippen LogP contribution in [0.15, 0.2) is 0 Å². The molecular weight excluding hydrogens is 278 g/mol. The molecule has 0 aromatic rings. The van der Waals surface area contributed by atoms with Crippen molar-refractivity contribution in [2.45, 2.75) is 32.7 Å². The summed E-state index contributed by atoms with van der Waals surface area (Å²) >= 11 is 0. The molecule has 1 atom stereocenters. The standard InChI is InChI=1S/C13H21N3O5/c1-8(2)11(12(19)20)14-9(17)5-4-6-16-10(18)7-15(3)13(16)21/h8,11H,4-7H2,1-3H3,(H,14,17)(H,19,20)/t11-/m0/s1. The number of urea groups is 1. The maximum atomic E-state index is 11.7. The minimum absolute atomic E-state index is 0.0550. The van der Waals surface area contributed by atoms with E-state index in [1.165, 1.54) is 11.9 Å². The van der Waals surface area contributed by atoms with Crippen molar-refractivity contribution in [1.29, 1.82) is 0 Å². The predicted octanol–water partition coefficient (Wildman–Crippen LogP) is -0.114. The van der Waals surface area contributed by atoms with Crippen LogP contribution in [0.4, 0.5) is 4.79 Å². The number of nitrogens with one attached hydrogen (secondary N) is 1. The summed E-state index contributed by atoms with van der Waals surface area (Å²) in [5.41, 5.74) is 0. The number of hydrogen-bond acceptors (Lipinski definition) is 4. The molecule has 0 unspecified atom stereocenters. The Labute approximate surface area is 123 Å². The van der Waals surface area contributed by atoms with Gasteiger partial charge in [0.2, 0.25) is 11.8 Å². The largest absolute Gasteiger partial charge is 0.480 e. The van der Waals surface area contributed by atoms with Gasteiger partial charge < -0.3 is 15.3 Å². The van der Waals surface area contributed by atoms with Crippen LogP contribution >= 0.6 is 0 Å². The molecule has 8 heteroatoms. The van der Waals surface area contributed by atoms with Gasteiger partial charge in [-0.05, 0) is 12.3 Å². The van der Waals surface area contributed by atoms with Crippen molar-refractivity contribution in [2.75, 3.05) is 20.1 Å². The fraction of sp³-hybridized carbons (Fsp3) is 0.692. The lowest BCUT2D eigenvalue weighted by Gasteiger charge is -2.18. The summed E-state index contributed by atoms with van der Waals surface area (Å²) < 4.78 is 0. The average Bonchev–Trinajstić information content (AvgIpc) is 2.61. The average molecular weight is 299 g/mol. The zero-order valence-corrected chi connectivity index (χ0v) is 12.5. The second-order valence-corrected chi connectivity index (χ2v) is 5.42. The van der Waals surface area contributed by atoms with Gasteiger partial charge in [-0.1, -0.05) is 13.8 Å². The summed E-state index contributed by atoms with van der Waals surface area (Å²) in [6, 6.07) is -1.30. The first-order valence-electron chi connectivity index (χ1n) is 6.81. The molecule has 0 aliphatic carbocycles. The van der Waals surface area contributed by atoms with Crippen molar-refractivity contribution in [3.63, 3.8) is 0 Å². The zero-order chi connectivity index (χ0) is 16.2. The molecule has 118 valence electrons. The molecule has 2 N–H and O–H groups in total. The van der Waals surface area contributed by atoms with E-state index in [0.717, 1.165) is 4.90 Å². The molecule has 21 heavy (non-hydrogen) atoms. The number of carbonyl (C=O) groups is 4. The van der Waals surface area contributed by atoms with Crippen LogP contribution in [0, 0.1) is 5.92 Å². The number of amides is 4. The highest BCUT2D eigenvalue weighted by atomic mass is 16.4. The number of likely N-dealkylation sites (N-methyl/N-ethyl adjacent to an activating group) is 1. The van der Waals surface area contributed by atoms with Crippen molar-refractivity contribution in [3.8, 4) is 0 Å². The van der Waals surface area contributed by atoms with Gasteiger partial charge in [0, 0.05) is 20.0 Å². The highest BCUT2D eigenvalue weighted by Crippen LogP contribution is 2.09. The molecule has 1 saturated heterocycles. The lowest BCUT2D eigenvalue weighted by Crippen LogP contribution is -2.44. The van der Waals surface area contributed by atoms with Gasteiger partial charge in [0.05, 0.1) is 0 Å². The third kappa shape index (κ3) is 4.44. The number of nitrogens with zero attached hydrogens (tertiary/aromatic N) is 2. The van der Waals surface area contributed by atoms with E-state index < -0.39 is 17.9 Å². The molecule has 4 amide bonds. The normalized spacial score (nSPS) is 16.6. The molecule has 0 saturated carbocycles. The molecule has 0 spiro atoms. The predicted molar refractivity (Wildman–Crippen MR) is 73.4 cm³/mol. The Morgan fingerprint density at radius 2 is 1.95 bits per heavy atom. The molecule has 0 radical (unpaired) electrons. The lowest BCUT2D eigenvalue weighted by atomic mass is 10.0. The van der Waals surface area contributed by atoms with E-state index in [1.54, 1.807) is 13.8 Å². The first-order chi connectivity index (χ1) is 9.73. The van der Waals surface area contributed by atoms with E-state index in [9.17, 15) is 19.2 Å². The van der Waals surface area contributed by atoms with Gasteiger partial charge in [-0.15, -0.1) is 0 Å². The number of carboxylic acids is 1. The lowest BCUT2D eigenvalue weighted by molar-refractivity contribution is -0.143. The molecule has 1 heterocycles. The van der Waals surface area contributed by atoms with Gasteiger partial charge in [0.25, 0.3) is 0 Å². The summed E-state index contributed by atoms with van der Waals surface area (Å²) in [5.74, 6) is -1.98. The van der Waals surface area contributed by atoms with Crippen molar-refractivity contribution >= 4 is 23.8 Å². The van der Waals surface area contributed by atoms with E-state index >= 15 is 0 Å². The number of hydrogen-bond donors (Lipinski definition) is 2. The molecule has 1 fully saturated rings. The summed E-state index contributed by atoms with van der Waals surface area (Å²) in [7, 11) is 1.53. The Morgan fingerprint density at radius 3 is 2.38 bits per heavy atom. The molecular formula is C13H21N3O5. The molecule has 1 aliphatic heterocycles. The highest BCUT2D eigenvalue weighted by Gasteiger charge is 2.33. The van der Waals surface area contributed by atoms with Crippen LogP contribution in [0.3, 0.4) is 0 Å². The number of carboxylic acid groups (broad SMARTS) is 1. The second-order valence-electron chi connectivity index (χ2n) is 5.42. The van der Waals surface area contributed by atoms with Crippen molar-refractivity contribution in [3.05, 3.63) is 0 Å². The fourth-order valence-corrected chi connectivity index (χ4v) is 2.05. The topological polar surface area (TPSA) is 107 Å². The smallest absolute Gasteiger partial charge is 0.326 e. The first-order valence-corrected chi connectivity index (χ1v) is 6.81. The first kappa shape index (κ1) is 16.9. The third-order valence-electron chi connectivity index (χ3n) is 3.27. The van der Waals surface area contributed by atoms with Crippen LogP contribution in [0.1, 0.15) is 26.7 Å². The molecule has 8 nitrogen and oxygen atoms in total. The van der Waals surface area contributed by atoms with Crippen LogP contribution in [-0.4, -0.2) is 64.9 Å². The zero-order valence-electron chi connectivity index (χ0n) is 12.5. The maximum absolute atomic E-state index is 11.7. The Hall–Kier alpha value is -2.12. The van der Waals surface area contributed by atoms with Gasteiger partial charge in [-0.3, -0.25) is 14.5 Å². The van der Waals surface area contributed by atoms with E-state index in [-0.39, 0.29) is 37.4 Å². The highest BCUT2D eigenvalue weighted by molar-refractivity contribution is 6.01. The maximum Gasteiger partial charge on any atom is 0.326 e. The van der Waals surface area contributed by atoms with Crippen LogP contribution in [0.5, 0.6) is 0 Å². The number of aliphatic carboxylic acids is 1. The Morgan fingerprint density at radius 1 is 1.33 bits per heavy atom. The van der Waals surface area contributed by atoms with Gasteiger partial charge in [-0.25, -0.2) is 9.59 Å². The van der Waals surface area contributed by atoms with E-state index in [4.69, 9.17) is 5.11 Å². The van der Waals surface area contributed by atoms with E-state index in [1.807, 2.05) is 0 Å². The molecule has 1 rings (SSSR count). The quantitative estimate of drug-likeness (QED) is 0.638. The fourth-order valence-electron chi connectivity index (χ4n) is 2.05. The molecule has 0 aromatic heterocycles. The van der Waals surface area contributed by atoms with Crippen molar-refractivity contribution in [2.24, 2.45) is 5.92 Å². The van der Waals surface area contributed by atoms with Crippen molar-refractivity contribution in [1.82, 2.24) is 15.1 Å². The van der Waals surface area contributed by atoms with Crippen LogP contribution < -0.4 is 5.32 Å². The summed E-state index contributed by atoms with van der Waals surface area (Å²) in [5, 5.41) is 11.4. The Kier molecular flexibility index (Phi) is 5.69. The summed E-state index contributed by atoms with van der Waals surface area (Å²) in [6.45, 7) is 3.63. The monoisotopic (exact) mass is 299 g/mol. The van der Waals surface area contributed by atoms with Gasteiger partial charge in [0.1, 0.15) is 12.6 Å². The Bertz CT molecular complexity index is 449. The minimum atomic E-state index is -1.08. The van der Waals surface area contributed by atoms with E-state index in [0.29, 0.717) is 6.42 Å². The molecule has 0 aromatic carbocycles. The van der Waals surface area contributed by atoms with Crippen LogP contribution in [0.25, 0.3) is 0 Å². The van der Waals surface area contributed by atoms with E-state index in [2.05, 4.69) is 5.32 Å². The Balaban J connectivity index is 2.39. The molecule has 1 aliphatic rings. The number of imide groups is 1. The number of carbonyl (C=O) groups excluding carboxylic acids is 3. The summed E-state index contributed by atoms with van der Waals surface area (Å²) in [6.07, 6.45) is 0.374.